The van der Waals surface area contributed by atoms with E-state index in [9.17, 15) is 16.8 Å². The fraction of sp³-hybridized carbons (Fsp3) is 0.316. The summed E-state index contributed by atoms with van der Waals surface area (Å²) >= 11 is 12.3. The molecule has 0 aromatic heterocycles. The second kappa shape index (κ2) is 12.7. The lowest BCUT2D eigenvalue weighted by Crippen LogP contribution is -2.32. The van der Waals surface area contributed by atoms with E-state index in [-0.39, 0.29) is 38.7 Å². The van der Waals surface area contributed by atoms with Crippen molar-refractivity contribution in [1.29, 1.82) is 0 Å². The fourth-order valence-corrected chi connectivity index (χ4v) is 3.65. The van der Waals surface area contributed by atoms with Crippen LogP contribution in [-0.4, -0.2) is 61.9 Å². The predicted octanol–water partition coefficient (Wildman–Crippen LogP) is 3.92. The molecule has 0 saturated heterocycles. The number of hydrogen-bond acceptors (Lipinski definition) is 8. The highest BCUT2D eigenvalue weighted by molar-refractivity contribution is 7.86. The Balaban J connectivity index is 0.00000512. The van der Waals surface area contributed by atoms with Crippen molar-refractivity contribution in [3.05, 3.63) is 58.1 Å². The first-order valence-electron chi connectivity index (χ1n) is 8.96. The largest absolute Gasteiger partial charge is 0.367 e. The minimum absolute atomic E-state index is 0. The maximum Gasteiger partial charge on any atom is 0.264 e. The Kier molecular flexibility index (Phi) is 11.4. The third kappa shape index (κ3) is 11.0. The van der Waals surface area contributed by atoms with Crippen LogP contribution in [0.4, 0.5) is 11.4 Å². The number of nitrogens with zero attached hydrogens (tertiary/aromatic N) is 2. The Morgan fingerprint density at radius 3 is 2.03 bits per heavy atom. The molecule has 2 aromatic carbocycles. The Morgan fingerprint density at radius 2 is 1.53 bits per heavy atom. The number of hydrogen-bond donors (Lipinski definition) is 0. The van der Waals surface area contributed by atoms with Gasteiger partial charge in [-0.2, -0.15) is 16.8 Å². The number of anilines is 1. The van der Waals surface area contributed by atoms with Crippen molar-refractivity contribution in [3.8, 4) is 0 Å². The average Bonchev–Trinajstić information content (AvgIpc) is 2.64. The van der Waals surface area contributed by atoms with Gasteiger partial charge in [0.05, 0.1) is 36.4 Å². The Morgan fingerprint density at radius 1 is 0.938 bits per heavy atom. The smallest absolute Gasteiger partial charge is 0.264 e. The zero-order valence-corrected chi connectivity index (χ0v) is 21.2. The summed E-state index contributed by atoms with van der Waals surface area (Å²) in [5, 5.41) is 0.973. The molecule has 8 nitrogen and oxygen atoms in total. The summed E-state index contributed by atoms with van der Waals surface area (Å²) in [7, 11) is -7.21. The first kappa shape index (κ1) is 28.6. The molecule has 0 radical (unpaired) electrons. The second-order valence-electron chi connectivity index (χ2n) is 6.48. The molecular formula is C19H23Cl3N2O6S2. The Labute approximate surface area is 204 Å². The van der Waals surface area contributed by atoms with Gasteiger partial charge < -0.3 is 4.90 Å². The number of benzene rings is 2. The molecule has 0 fully saturated rings. The maximum atomic E-state index is 11.2. The van der Waals surface area contributed by atoms with Crippen molar-refractivity contribution >= 4 is 73.4 Å². The summed E-state index contributed by atoms with van der Waals surface area (Å²) < 4.78 is 54.4. The lowest BCUT2D eigenvalue weighted by Gasteiger charge is -2.24. The molecule has 0 spiro atoms. The highest BCUT2D eigenvalue weighted by Crippen LogP contribution is 2.24. The minimum atomic E-state index is -3.60. The van der Waals surface area contributed by atoms with Crippen molar-refractivity contribution in [3.63, 3.8) is 0 Å². The first-order valence-corrected chi connectivity index (χ1v) is 13.3. The lowest BCUT2D eigenvalue weighted by atomic mass is 10.2. The topological polar surface area (TPSA) is 102 Å². The van der Waals surface area contributed by atoms with Crippen LogP contribution in [0.5, 0.6) is 0 Å². The van der Waals surface area contributed by atoms with E-state index < -0.39 is 20.2 Å². The minimum Gasteiger partial charge on any atom is -0.367 e. The fourth-order valence-electron chi connectivity index (χ4n) is 2.49. The van der Waals surface area contributed by atoms with Crippen LogP contribution in [0.2, 0.25) is 10.0 Å². The van der Waals surface area contributed by atoms with Gasteiger partial charge >= 0.3 is 0 Å². The van der Waals surface area contributed by atoms with Crippen molar-refractivity contribution in [2.75, 3.05) is 43.7 Å². The van der Waals surface area contributed by atoms with E-state index in [1.165, 1.54) is 0 Å². The summed E-state index contributed by atoms with van der Waals surface area (Å²) in [6.07, 6.45) is 3.51. The highest BCUT2D eigenvalue weighted by atomic mass is 35.5. The van der Waals surface area contributed by atoms with Gasteiger partial charge in [-0.25, -0.2) is 0 Å². The molecule has 0 amide bonds. The van der Waals surface area contributed by atoms with Crippen molar-refractivity contribution in [1.82, 2.24) is 0 Å². The summed E-state index contributed by atoms with van der Waals surface area (Å²) in [6, 6.07) is 12.2. The van der Waals surface area contributed by atoms with Crippen LogP contribution in [0.25, 0.3) is 0 Å². The first-order chi connectivity index (χ1) is 14.4. The van der Waals surface area contributed by atoms with E-state index in [4.69, 9.17) is 31.6 Å². The molecule has 0 aliphatic heterocycles. The quantitative estimate of drug-likeness (QED) is 0.311. The van der Waals surface area contributed by atoms with Gasteiger partial charge in [0.2, 0.25) is 0 Å². The lowest BCUT2D eigenvalue weighted by molar-refractivity contribution is 0.309. The maximum absolute atomic E-state index is 11.2. The predicted molar refractivity (Wildman–Crippen MR) is 131 cm³/mol. The Hall–Kier alpha value is -1.40. The molecule has 0 bridgehead atoms. The van der Waals surface area contributed by atoms with Crippen LogP contribution in [0.15, 0.2) is 47.5 Å². The molecule has 0 aliphatic carbocycles. The van der Waals surface area contributed by atoms with Crippen molar-refractivity contribution < 1.29 is 25.2 Å². The van der Waals surface area contributed by atoms with Gasteiger partial charge in [-0.1, -0.05) is 29.3 Å². The number of halogens is 3. The molecule has 2 aromatic rings. The van der Waals surface area contributed by atoms with Gasteiger partial charge in [0, 0.05) is 35.6 Å². The molecule has 32 heavy (non-hydrogen) atoms. The number of aliphatic imine (C=N–C) groups is 1. The van der Waals surface area contributed by atoms with Crippen LogP contribution in [0, 0.1) is 0 Å². The van der Waals surface area contributed by atoms with E-state index in [0.29, 0.717) is 27.0 Å². The molecule has 0 heterocycles. The van der Waals surface area contributed by atoms with Gasteiger partial charge in [-0.3, -0.25) is 13.4 Å². The monoisotopic (exact) mass is 544 g/mol. The van der Waals surface area contributed by atoms with Gasteiger partial charge in [0.1, 0.15) is 0 Å². The van der Waals surface area contributed by atoms with Gasteiger partial charge in [-0.05, 0) is 36.4 Å². The standard InChI is InChI=1S/C19H22Cl2N2O6S2.ClH/c1-30(24,25)28-10-8-23(9-11-29-31(2,26)27)18-7-6-15(19(21)13-18)14-22-17-5-3-4-16(20)12-17;/h3-7,12-14H,8-11H2,1-2H3;1H. The second-order valence-corrected chi connectivity index (χ2v) is 10.6. The molecule has 0 saturated carbocycles. The zero-order valence-electron chi connectivity index (χ0n) is 17.3. The van der Waals surface area contributed by atoms with E-state index in [2.05, 4.69) is 4.99 Å². The normalized spacial score (nSPS) is 12.0. The summed E-state index contributed by atoms with van der Waals surface area (Å²) in [5.74, 6) is 0. The van der Waals surface area contributed by atoms with Gasteiger partial charge in [0.15, 0.2) is 0 Å². The molecule has 0 aliphatic rings. The molecule has 0 unspecified atom stereocenters. The van der Waals surface area contributed by atoms with Crippen molar-refractivity contribution in [2.45, 2.75) is 0 Å². The highest BCUT2D eigenvalue weighted by Gasteiger charge is 2.12. The summed E-state index contributed by atoms with van der Waals surface area (Å²) in [5.41, 5.74) is 1.97. The van der Waals surface area contributed by atoms with E-state index in [1.807, 2.05) is 0 Å². The average molecular weight is 546 g/mol. The summed E-state index contributed by atoms with van der Waals surface area (Å²) in [4.78, 5) is 6.05. The van der Waals surface area contributed by atoms with Crippen LogP contribution >= 0.6 is 35.6 Å². The molecule has 0 atom stereocenters. The van der Waals surface area contributed by atoms with Crippen LogP contribution in [-0.2, 0) is 28.6 Å². The van der Waals surface area contributed by atoms with Crippen LogP contribution < -0.4 is 4.90 Å². The molecule has 0 N–H and O–H groups in total. The molecular weight excluding hydrogens is 523 g/mol. The molecule has 2 rings (SSSR count). The van der Waals surface area contributed by atoms with Crippen LogP contribution in [0.1, 0.15) is 5.56 Å². The van der Waals surface area contributed by atoms with Gasteiger partial charge in [0.25, 0.3) is 20.2 Å². The third-order valence-corrected chi connectivity index (χ3v) is 5.58. The number of rotatable bonds is 11. The van der Waals surface area contributed by atoms with E-state index >= 15 is 0 Å². The van der Waals surface area contributed by atoms with Gasteiger partial charge in [-0.15, -0.1) is 12.4 Å². The van der Waals surface area contributed by atoms with Crippen molar-refractivity contribution in [2.24, 2.45) is 4.99 Å². The summed E-state index contributed by atoms with van der Waals surface area (Å²) in [6.45, 7) is 0.111. The third-order valence-electron chi connectivity index (χ3n) is 3.83. The molecule has 13 heteroatoms. The van der Waals surface area contributed by atoms with E-state index in [1.54, 1.807) is 53.6 Å². The van der Waals surface area contributed by atoms with E-state index in [0.717, 1.165) is 12.5 Å². The molecule has 178 valence electrons. The Bertz CT molecular complexity index is 1100. The SMILES string of the molecule is CS(=O)(=O)OCCN(CCOS(C)(=O)=O)c1ccc(C=Nc2cccc(Cl)c2)c(Cl)c1.Cl. The van der Waals surface area contributed by atoms with Crippen LogP contribution in [0.3, 0.4) is 0 Å². The zero-order chi connectivity index (χ0) is 23.1.